The van der Waals surface area contributed by atoms with Crippen molar-refractivity contribution in [2.24, 2.45) is 17.4 Å². The number of rotatable bonds is 14. The zero-order valence-electron chi connectivity index (χ0n) is 27.4. The van der Waals surface area contributed by atoms with Gasteiger partial charge in [-0.05, 0) is 87.2 Å². The lowest BCUT2D eigenvalue weighted by atomic mass is 9.69. The Morgan fingerprint density at radius 3 is 2.53 bits per heavy atom. The highest BCUT2D eigenvalue weighted by Crippen LogP contribution is 2.45. The predicted octanol–water partition coefficient (Wildman–Crippen LogP) is 4.99. The molecule has 4 atom stereocenters. The zero-order chi connectivity index (χ0) is 33.5. The molecule has 3 rings (SSSR count). The van der Waals surface area contributed by atoms with Crippen molar-refractivity contribution in [2.75, 3.05) is 13.1 Å². The Balaban J connectivity index is 2.07. The minimum atomic E-state index is -1.10. The summed E-state index contributed by atoms with van der Waals surface area (Å²) in [4.78, 5) is 27.3. The van der Waals surface area contributed by atoms with E-state index in [0.29, 0.717) is 62.2 Å². The van der Waals surface area contributed by atoms with Crippen LogP contribution in [-0.4, -0.2) is 53.7 Å². The van der Waals surface area contributed by atoms with Crippen LogP contribution < -0.4 is 16.8 Å². The third kappa shape index (κ3) is 8.08. The molecule has 10 nitrogen and oxygen atoms in total. The second kappa shape index (κ2) is 15.2. The molecular weight excluding hydrogens is 566 g/mol. The molecule has 4 unspecified atom stereocenters. The number of aryl methyl sites for hydroxylation is 1. The summed E-state index contributed by atoms with van der Waals surface area (Å²) in [5, 5.41) is 30.6. The van der Waals surface area contributed by atoms with Crippen molar-refractivity contribution >= 4 is 23.6 Å². The van der Waals surface area contributed by atoms with Gasteiger partial charge in [0.2, 0.25) is 17.7 Å². The van der Waals surface area contributed by atoms with Crippen LogP contribution in [0.3, 0.4) is 0 Å². The van der Waals surface area contributed by atoms with Crippen molar-refractivity contribution in [1.29, 1.82) is 16.1 Å². The average molecular weight is 616 g/mol. The van der Waals surface area contributed by atoms with Crippen LogP contribution in [0, 0.1) is 28.1 Å². The van der Waals surface area contributed by atoms with Crippen LogP contribution in [0.5, 0.6) is 0 Å². The Bertz CT molecular complexity index is 1450. The van der Waals surface area contributed by atoms with Gasteiger partial charge in [-0.15, -0.1) is 0 Å². The maximum absolute atomic E-state index is 13.4. The van der Waals surface area contributed by atoms with E-state index in [1.165, 1.54) is 0 Å². The highest BCUT2D eigenvalue weighted by Gasteiger charge is 2.45. The van der Waals surface area contributed by atoms with Gasteiger partial charge in [-0.3, -0.25) is 20.4 Å². The van der Waals surface area contributed by atoms with Gasteiger partial charge in [0.05, 0.1) is 18.0 Å². The second-order valence-corrected chi connectivity index (χ2v) is 12.4. The molecule has 1 aromatic carbocycles. The summed E-state index contributed by atoms with van der Waals surface area (Å²) in [5.41, 5.74) is 16.0. The molecule has 2 aliphatic rings. The van der Waals surface area contributed by atoms with Crippen molar-refractivity contribution < 1.29 is 14.3 Å². The number of nitriles is 1. The van der Waals surface area contributed by atoms with Crippen LogP contribution in [0.1, 0.15) is 94.6 Å². The molecule has 1 fully saturated rings. The highest BCUT2D eigenvalue weighted by atomic mass is 16.5. The molecule has 0 heterocycles. The molecule has 0 radical (unpaired) electrons. The van der Waals surface area contributed by atoms with Crippen molar-refractivity contribution in [3.05, 3.63) is 70.0 Å². The van der Waals surface area contributed by atoms with Crippen molar-refractivity contribution in [3.8, 4) is 6.07 Å². The van der Waals surface area contributed by atoms with E-state index in [2.05, 4.69) is 31.0 Å². The molecule has 242 valence electrons. The number of amides is 2. The summed E-state index contributed by atoms with van der Waals surface area (Å²) in [7, 11) is 0. The fourth-order valence-corrected chi connectivity index (χ4v) is 6.39. The number of primary amides is 1. The van der Waals surface area contributed by atoms with Crippen LogP contribution in [0.4, 0.5) is 0 Å². The Kier molecular flexibility index (Phi) is 11.9. The highest BCUT2D eigenvalue weighted by molar-refractivity contribution is 5.98. The first-order valence-corrected chi connectivity index (χ1v) is 15.8. The van der Waals surface area contributed by atoms with E-state index in [1.807, 2.05) is 26.8 Å². The SMILES string of the molecule is C=C(N)C/C(C)=C/C1=C(C)C(CCNCC(=O)N(C(C#N)CC)C2CC2C)(C(=N)OC(=N)CC)c2ccc(C(N)=O)cc2CC1. The van der Waals surface area contributed by atoms with Crippen LogP contribution >= 0.6 is 0 Å². The topological polar surface area (TPSA) is 182 Å². The van der Waals surface area contributed by atoms with E-state index in [1.54, 1.807) is 24.0 Å². The lowest BCUT2D eigenvalue weighted by Gasteiger charge is -2.37. The fourth-order valence-electron chi connectivity index (χ4n) is 6.39. The average Bonchev–Trinajstić information content (AvgIpc) is 3.73. The summed E-state index contributed by atoms with van der Waals surface area (Å²) in [6.45, 7) is 14.0. The summed E-state index contributed by atoms with van der Waals surface area (Å²) in [5.74, 6) is -0.402. The molecule has 1 aromatic rings. The van der Waals surface area contributed by atoms with E-state index in [9.17, 15) is 20.3 Å². The number of benzene rings is 1. The first kappa shape index (κ1) is 35.3. The van der Waals surface area contributed by atoms with Crippen molar-refractivity contribution in [2.45, 2.75) is 97.1 Å². The number of allylic oxidation sites excluding steroid dienone is 3. The standard InChI is InChI=1S/C35H49N7O3/c1-7-28(19-36)42(30-17-22(30)4)32(43)20-41-14-13-35(34(40)45-31(38)8-2)24(6)25(16-21(3)15-23(5)37)9-10-26-18-27(33(39)44)11-12-29(26)35/h11-12,16,18,22,28,30,38,40-41H,5,7-10,13-15,17,20,37H2,1-4,6H3,(H2,39,44)/b21-16+,38-31?,40-34?. The number of hydrogen-bond donors (Lipinski definition) is 5. The van der Waals surface area contributed by atoms with E-state index in [-0.39, 0.29) is 30.3 Å². The third-order valence-corrected chi connectivity index (χ3v) is 9.03. The van der Waals surface area contributed by atoms with Gasteiger partial charge in [0.15, 0.2) is 5.90 Å². The number of nitrogens with zero attached hydrogens (tertiary/aromatic N) is 2. The normalized spacial score (nSPS) is 21.6. The molecule has 7 N–H and O–H groups in total. The van der Waals surface area contributed by atoms with Crippen LogP contribution in [0.25, 0.3) is 0 Å². The van der Waals surface area contributed by atoms with E-state index >= 15 is 0 Å². The molecule has 10 heteroatoms. The van der Waals surface area contributed by atoms with Gasteiger partial charge >= 0.3 is 0 Å². The van der Waals surface area contributed by atoms with E-state index in [4.69, 9.17) is 21.6 Å². The number of fused-ring (bicyclic) bond motifs is 1. The number of ether oxygens (including phenoxy) is 1. The molecule has 0 spiro atoms. The van der Waals surface area contributed by atoms with Gasteiger partial charge < -0.3 is 26.4 Å². The summed E-state index contributed by atoms with van der Waals surface area (Å²) in [6.07, 6.45) is 5.98. The Morgan fingerprint density at radius 2 is 1.98 bits per heavy atom. The largest absolute Gasteiger partial charge is 0.429 e. The molecule has 2 amide bonds. The van der Waals surface area contributed by atoms with Crippen molar-refractivity contribution in [3.63, 3.8) is 0 Å². The molecule has 0 aliphatic heterocycles. The Hall–Kier alpha value is -4.23. The second-order valence-electron chi connectivity index (χ2n) is 12.4. The number of nitrogens with one attached hydrogen (secondary N) is 3. The Morgan fingerprint density at radius 1 is 1.29 bits per heavy atom. The number of carbonyl (C=O) groups excluding carboxylic acids is 2. The monoisotopic (exact) mass is 615 g/mol. The van der Waals surface area contributed by atoms with Gasteiger partial charge in [-0.1, -0.05) is 50.6 Å². The molecule has 0 bridgehead atoms. The van der Waals surface area contributed by atoms with Crippen LogP contribution in [0.2, 0.25) is 0 Å². The molecular formula is C35H49N7O3. The molecule has 0 saturated heterocycles. The maximum Gasteiger partial charge on any atom is 0.248 e. The van der Waals surface area contributed by atoms with Gasteiger partial charge in [0, 0.05) is 30.1 Å². The third-order valence-electron chi connectivity index (χ3n) is 9.03. The van der Waals surface area contributed by atoms with E-state index < -0.39 is 17.4 Å². The first-order valence-electron chi connectivity index (χ1n) is 15.8. The zero-order valence-corrected chi connectivity index (χ0v) is 27.4. The first-order chi connectivity index (χ1) is 21.3. The Labute approximate surface area is 267 Å². The smallest absolute Gasteiger partial charge is 0.248 e. The minimum absolute atomic E-state index is 0.0288. The summed E-state index contributed by atoms with van der Waals surface area (Å²) in [6, 6.07) is 7.20. The van der Waals surface area contributed by atoms with Gasteiger partial charge in [-0.25, -0.2) is 0 Å². The van der Waals surface area contributed by atoms with Gasteiger partial charge in [0.1, 0.15) is 6.04 Å². The molecule has 45 heavy (non-hydrogen) atoms. The lowest BCUT2D eigenvalue weighted by molar-refractivity contribution is -0.132. The fraction of sp³-hybridized carbons (Fsp3) is 0.514. The minimum Gasteiger partial charge on any atom is -0.429 e. The molecule has 1 saturated carbocycles. The molecule has 2 aliphatic carbocycles. The summed E-state index contributed by atoms with van der Waals surface area (Å²) < 4.78 is 5.90. The maximum atomic E-state index is 13.4. The predicted molar refractivity (Wildman–Crippen MR) is 178 cm³/mol. The quantitative estimate of drug-likeness (QED) is 0.112. The molecule has 0 aromatic heterocycles. The summed E-state index contributed by atoms with van der Waals surface area (Å²) >= 11 is 0. The van der Waals surface area contributed by atoms with E-state index in [0.717, 1.165) is 34.3 Å². The number of hydrogen-bond acceptors (Lipinski definition) is 8. The van der Waals surface area contributed by atoms with Crippen LogP contribution in [0.15, 0.2) is 53.3 Å². The lowest BCUT2D eigenvalue weighted by Crippen LogP contribution is -2.47. The van der Waals surface area contributed by atoms with Crippen LogP contribution in [-0.2, 0) is 21.4 Å². The van der Waals surface area contributed by atoms with Gasteiger partial charge in [-0.2, -0.15) is 5.26 Å². The van der Waals surface area contributed by atoms with Gasteiger partial charge in [0.25, 0.3) is 0 Å². The van der Waals surface area contributed by atoms with Crippen molar-refractivity contribution in [1.82, 2.24) is 10.2 Å². The number of carbonyl (C=O) groups is 2. The number of nitrogens with two attached hydrogens (primary N) is 2.